The van der Waals surface area contributed by atoms with Crippen molar-refractivity contribution in [1.82, 2.24) is 5.32 Å². The Morgan fingerprint density at radius 1 is 1.43 bits per heavy atom. The fourth-order valence-electron chi connectivity index (χ4n) is 3.08. The van der Waals surface area contributed by atoms with Crippen LogP contribution >= 0.6 is 11.6 Å². The highest BCUT2D eigenvalue weighted by molar-refractivity contribution is 6.33. The second kappa shape index (κ2) is 6.99. The number of ether oxygens (including phenoxy) is 1. The summed E-state index contributed by atoms with van der Waals surface area (Å²) >= 11 is 6.51. The smallest absolute Gasteiger partial charge is 0.0805 e. The van der Waals surface area contributed by atoms with Crippen molar-refractivity contribution in [1.29, 1.82) is 0 Å². The minimum Gasteiger partial charge on any atom is -0.369 e. The molecule has 118 valence electrons. The monoisotopic (exact) mass is 310 g/mol. The third-order valence-electron chi connectivity index (χ3n) is 3.70. The van der Waals surface area contributed by atoms with Crippen LogP contribution in [0, 0.1) is 0 Å². The Balaban J connectivity index is 2.24. The molecule has 21 heavy (non-hydrogen) atoms. The Labute approximate surface area is 133 Å². The van der Waals surface area contributed by atoms with E-state index in [1.54, 1.807) is 0 Å². The second-order valence-electron chi connectivity index (χ2n) is 6.49. The number of hydrogen-bond acceptors (Lipinski definition) is 3. The summed E-state index contributed by atoms with van der Waals surface area (Å²) in [5.41, 5.74) is 2.28. The molecule has 0 spiro atoms. The van der Waals surface area contributed by atoms with Gasteiger partial charge in [-0.1, -0.05) is 30.7 Å². The van der Waals surface area contributed by atoms with Crippen molar-refractivity contribution < 1.29 is 4.74 Å². The summed E-state index contributed by atoms with van der Waals surface area (Å²) in [5.74, 6) is 0. The van der Waals surface area contributed by atoms with Gasteiger partial charge in [-0.25, -0.2) is 0 Å². The van der Waals surface area contributed by atoms with Crippen molar-refractivity contribution in [3.8, 4) is 0 Å². The SMILES string of the molecule is CCCNCc1cccc(Cl)c1N1CC(C)OC(C)(C)C1. The van der Waals surface area contributed by atoms with Crippen molar-refractivity contribution in [2.24, 2.45) is 0 Å². The normalized spacial score (nSPS) is 21.6. The van der Waals surface area contributed by atoms with Gasteiger partial charge in [0.25, 0.3) is 0 Å². The Morgan fingerprint density at radius 2 is 2.19 bits per heavy atom. The molecule has 0 radical (unpaired) electrons. The lowest BCUT2D eigenvalue weighted by atomic mass is 10.0. The van der Waals surface area contributed by atoms with E-state index in [2.05, 4.69) is 44.0 Å². The van der Waals surface area contributed by atoms with Crippen molar-refractivity contribution in [3.05, 3.63) is 28.8 Å². The van der Waals surface area contributed by atoms with Crippen LogP contribution in [0.25, 0.3) is 0 Å². The molecule has 1 atom stereocenters. The standard InChI is InChI=1S/C17H27ClN2O/c1-5-9-19-10-14-7-6-8-15(18)16(14)20-11-13(2)21-17(3,4)12-20/h6-8,13,19H,5,9-12H2,1-4H3. The van der Waals surface area contributed by atoms with Gasteiger partial charge in [0.2, 0.25) is 0 Å². The van der Waals surface area contributed by atoms with Gasteiger partial charge in [0, 0.05) is 19.6 Å². The average molecular weight is 311 g/mol. The molecule has 1 aromatic rings. The Hall–Kier alpha value is -0.770. The summed E-state index contributed by atoms with van der Waals surface area (Å²) in [4.78, 5) is 2.37. The van der Waals surface area contributed by atoms with Crippen molar-refractivity contribution in [3.63, 3.8) is 0 Å². The zero-order valence-corrected chi connectivity index (χ0v) is 14.3. The van der Waals surface area contributed by atoms with Crippen molar-refractivity contribution in [2.75, 3.05) is 24.5 Å². The maximum atomic E-state index is 6.51. The summed E-state index contributed by atoms with van der Waals surface area (Å²) in [5, 5.41) is 4.30. The van der Waals surface area contributed by atoms with E-state index in [9.17, 15) is 0 Å². The van der Waals surface area contributed by atoms with Crippen LogP contribution in [0.2, 0.25) is 5.02 Å². The highest BCUT2D eigenvalue weighted by atomic mass is 35.5. The van der Waals surface area contributed by atoms with Gasteiger partial charge in [-0.3, -0.25) is 0 Å². The Bertz CT molecular complexity index is 476. The number of nitrogens with zero attached hydrogens (tertiary/aromatic N) is 1. The lowest BCUT2D eigenvalue weighted by Gasteiger charge is -2.43. The first-order valence-corrected chi connectivity index (χ1v) is 8.21. The average Bonchev–Trinajstić information content (AvgIpc) is 2.36. The Kier molecular flexibility index (Phi) is 5.53. The molecule has 0 amide bonds. The third kappa shape index (κ3) is 4.35. The zero-order chi connectivity index (χ0) is 15.5. The number of halogens is 1. The predicted octanol–water partition coefficient (Wildman–Crippen LogP) is 3.84. The third-order valence-corrected chi connectivity index (χ3v) is 4.00. The van der Waals surface area contributed by atoms with Crippen molar-refractivity contribution in [2.45, 2.75) is 52.4 Å². The van der Waals surface area contributed by atoms with E-state index in [0.29, 0.717) is 0 Å². The first kappa shape index (κ1) is 16.6. The molecule has 3 nitrogen and oxygen atoms in total. The first-order valence-electron chi connectivity index (χ1n) is 7.84. The van der Waals surface area contributed by atoms with E-state index in [4.69, 9.17) is 16.3 Å². The molecule has 0 aromatic heterocycles. The summed E-state index contributed by atoms with van der Waals surface area (Å²) in [7, 11) is 0. The molecule has 1 aliphatic heterocycles. The number of morpholine rings is 1. The fourth-order valence-corrected chi connectivity index (χ4v) is 3.39. The summed E-state index contributed by atoms with van der Waals surface area (Å²) in [6.07, 6.45) is 1.35. The predicted molar refractivity (Wildman–Crippen MR) is 90.3 cm³/mol. The van der Waals surface area contributed by atoms with E-state index in [-0.39, 0.29) is 11.7 Å². The quantitative estimate of drug-likeness (QED) is 0.836. The van der Waals surface area contributed by atoms with Gasteiger partial charge < -0.3 is 15.0 Å². The molecule has 1 aliphatic rings. The van der Waals surface area contributed by atoms with Crippen LogP contribution in [0.1, 0.15) is 39.7 Å². The molecular formula is C17H27ClN2O. The minimum absolute atomic E-state index is 0.148. The summed E-state index contributed by atoms with van der Waals surface area (Å²) in [6, 6.07) is 6.17. The zero-order valence-electron chi connectivity index (χ0n) is 13.6. The van der Waals surface area contributed by atoms with E-state index in [1.165, 1.54) is 5.56 Å². The maximum absolute atomic E-state index is 6.51. The van der Waals surface area contributed by atoms with Gasteiger partial charge in [0.15, 0.2) is 0 Å². The number of rotatable bonds is 5. The highest BCUT2D eigenvalue weighted by Gasteiger charge is 2.32. The molecule has 1 heterocycles. The molecule has 0 bridgehead atoms. The second-order valence-corrected chi connectivity index (χ2v) is 6.90. The van der Waals surface area contributed by atoms with Gasteiger partial charge in [-0.15, -0.1) is 0 Å². The Morgan fingerprint density at radius 3 is 2.86 bits per heavy atom. The molecule has 1 saturated heterocycles. The molecule has 4 heteroatoms. The van der Waals surface area contributed by atoms with Crippen LogP contribution in [0.4, 0.5) is 5.69 Å². The van der Waals surface area contributed by atoms with Crippen LogP contribution in [-0.2, 0) is 11.3 Å². The lowest BCUT2D eigenvalue weighted by Crippen LogP contribution is -2.52. The fraction of sp³-hybridized carbons (Fsp3) is 0.647. The van der Waals surface area contributed by atoms with Crippen LogP contribution in [0.15, 0.2) is 18.2 Å². The number of hydrogen-bond donors (Lipinski definition) is 1. The van der Waals surface area contributed by atoms with Gasteiger partial charge in [-0.2, -0.15) is 0 Å². The van der Waals surface area contributed by atoms with E-state index in [1.807, 2.05) is 12.1 Å². The largest absolute Gasteiger partial charge is 0.369 e. The van der Waals surface area contributed by atoms with E-state index in [0.717, 1.165) is 43.3 Å². The van der Waals surface area contributed by atoms with Crippen molar-refractivity contribution >= 4 is 17.3 Å². The summed E-state index contributed by atoms with van der Waals surface area (Å²) < 4.78 is 6.00. The summed E-state index contributed by atoms with van der Waals surface area (Å²) in [6.45, 7) is 12.2. The topological polar surface area (TPSA) is 24.5 Å². The number of benzene rings is 1. The lowest BCUT2D eigenvalue weighted by molar-refractivity contribution is -0.0750. The van der Waals surface area contributed by atoms with Crippen LogP contribution < -0.4 is 10.2 Å². The van der Waals surface area contributed by atoms with Gasteiger partial charge in [0.1, 0.15) is 0 Å². The van der Waals surface area contributed by atoms with Crippen LogP contribution in [-0.4, -0.2) is 31.3 Å². The molecule has 1 N–H and O–H groups in total. The van der Waals surface area contributed by atoms with E-state index < -0.39 is 0 Å². The molecule has 1 unspecified atom stereocenters. The number of nitrogens with one attached hydrogen (secondary N) is 1. The minimum atomic E-state index is -0.148. The number of anilines is 1. The van der Waals surface area contributed by atoms with Crippen LogP contribution in [0.3, 0.4) is 0 Å². The van der Waals surface area contributed by atoms with Gasteiger partial charge in [-0.05, 0) is 45.4 Å². The molecule has 0 saturated carbocycles. The molecule has 2 rings (SSSR count). The maximum Gasteiger partial charge on any atom is 0.0805 e. The molecule has 0 aliphatic carbocycles. The van der Waals surface area contributed by atoms with Gasteiger partial charge in [0.05, 0.1) is 22.4 Å². The molecule has 1 aromatic carbocycles. The molecule has 1 fully saturated rings. The van der Waals surface area contributed by atoms with Gasteiger partial charge >= 0.3 is 0 Å². The van der Waals surface area contributed by atoms with E-state index >= 15 is 0 Å². The highest BCUT2D eigenvalue weighted by Crippen LogP contribution is 2.34. The molecular weight excluding hydrogens is 284 g/mol. The van der Waals surface area contributed by atoms with Crippen LogP contribution in [0.5, 0.6) is 0 Å². The number of para-hydroxylation sites is 1. The first-order chi connectivity index (χ1) is 9.93.